The van der Waals surface area contributed by atoms with E-state index in [9.17, 15) is 9.59 Å². The molecule has 1 aliphatic rings. The van der Waals surface area contributed by atoms with Crippen molar-refractivity contribution in [3.63, 3.8) is 0 Å². The third kappa shape index (κ3) is 5.89. The van der Waals surface area contributed by atoms with Crippen molar-refractivity contribution in [2.45, 2.75) is 58.9 Å². The Labute approximate surface area is 172 Å². The molecule has 3 unspecified atom stereocenters. The highest BCUT2D eigenvalue weighted by Crippen LogP contribution is 2.44. The first-order valence-corrected chi connectivity index (χ1v) is 10.9. The number of hydrogen-bond donors (Lipinski definition) is 0. The van der Waals surface area contributed by atoms with Crippen LogP contribution < -0.4 is 0 Å². The average Bonchev–Trinajstić information content (AvgIpc) is 2.98. The van der Waals surface area contributed by atoms with Crippen molar-refractivity contribution >= 4 is 35.2 Å². The quantitative estimate of drug-likeness (QED) is 0.595. The molecule has 150 valence electrons. The van der Waals surface area contributed by atoms with Gasteiger partial charge in [-0.05, 0) is 30.7 Å². The van der Waals surface area contributed by atoms with Gasteiger partial charge in [-0.1, -0.05) is 57.5 Å². The SMILES string of the molecule is CCOC(=O)C1CSC(c2ccccc2Cl)N1C(=O)CC(C)CC(C)(C)C. The van der Waals surface area contributed by atoms with E-state index in [1.165, 1.54) is 0 Å². The second-order valence-corrected chi connectivity index (χ2v) is 9.87. The zero-order valence-corrected chi connectivity index (χ0v) is 18.4. The standard InChI is InChI=1S/C21H30ClNO3S/c1-6-26-20(25)17-13-27-19(15-9-7-8-10-16(15)22)23(17)18(24)11-14(2)12-21(3,4)5/h7-10,14,17,19H,6,11-13H2,1-5H3. The van der Waals surface area contributed by atoms with Gasteiger partial charge in [0.15, 0.2) is 0 Å². The molecule has 1 fully saturated rings. The molecule has 0 bridgehead atoms. The zero-order chi connectivity index (χ0) is 20.2. The van der Waals surface area contributed by atoms with Gasteiger partial charge in [0.1, 0.15) is 11.4 Å². The summed E-state index contributed by atoms with van der Waals surface area (Å²) in [7, 11) is 0. The second-order valence-electron chi connectivity index (χ2n) is 8.35. The number of benzene rings is 1. The van der Waals surface area contributed by atoms with Crippen molar-refractivity contribution in [2.75, 3.05) is 12.4 Å². The molecule has 1 aromatic carbocycles. The Balaban J connectivity index is 2.26. The molecule has 1 aromatic rings. The lowest BCUT2D eigenvalue weighted by Gasteiger charge is -2.31. The molecule has 0 saturated carbocycles. The van der Waals surface area contributed by atoms with Crippen molar-refractivity contribution in [1.29, 1.82) is 0 Å². The number of thioether (sulfide) groups is 1. The predicted molar refractivity (Wildman–Crippen MR) is 112 cm³/mol. The molecule has 0 N–H and O–H groups in total. The summed E-state index contributed by atoms with van der Waals surface area (Å²) in [5.41, 5.74) is 1.02. The van der Waals surface area contributed by atoms with Crippen molar-refractivity contribution in [1.82, 2.24) is 4.90 Å². The number of halogens is 1. The molecule has 2 rings (SSSR count). The predicted octanol–water partition coefficient (Wildman–Crippen LogP) is 5.31. The molecule has 1 heterocycles. The number of amides is 1. The van der Waals surface area contributed by atoms with Crippen molar-refractivity contribution in [2.24, 2.45) is 11.3 Å². The summed E-state index contributed by atoms with van der Waals surface area (Å²) >= 11 is 7.96. The lowest BCUT2D eigenvalue weighted by molar-refractivity contribution is -0.154. The number of esters is 1. The van der Waals surface area contributed by atoms with Crippen LogP contribution in [0.25, 0.3) is 0 Å². The van der Waals surface area contributed by atoms with Gasteiger partial charge in [0.25, 0.3) is 0 Å². The van der Waals surface area contributed by atoms with Crippen LogP contribution in [0, 0.1) is 11.3 Å². The Morgan fingerprint density at radius 3 is 2.59 bits per heavy atom. The van der Waals surface area contributed by atoms with Crippen molar-refractivity contribution in [3.8, 4) is 0 Å². The van der Waals surface area contributed by atoms with Crippen LogP contribution in [0.3, 0.4) is 0 Å². The van der Waals surface area contributed by atoms with Crippen LogP contribution in [0.5, 0.6) is 0 Å². The minimum Gasteiger partial charge on any atom is -0.464 e. The molecule has 4 nitrogen and oxygen atoms in total. The van der Waals surface area contributed by atoms with Gasteiger partial charge < -0.3 is 9.64 Å². The van der Waals surface area contributed by atoms with Crippen LogP contribution in [0.1, 0.15) is 58.4 Å². The van der Waals surface area contributed by atoms with Gasteiger partial charge in [-0.25, -0.2) is 4.79 Å². The lowest BCUT2D eigenvalue weighted by atomic mass is 9.84. The summed E-state index contributed by atoms with van der Waals surface area (Å²) in [6, 6.07) is 6.95. The molecule has 1 aliphatic heterocycles. The van der Waals surface area contributed by atoms with Crippen LogP contribution in [-0.4, -0.2) is 35.2 Å². The van der Waals surface area contributed by atoms with Gasteiger partial charge in [-0.2, -0.15) is 0 Å². The third-order valence-corrected chi connectivity index (χ3v) is 6.15. The van der Waals surface area contributed by atoms with Gasteiger partial charge in [0.2, 0.25) is 5.91 Å². The van der Waals surface area contributed by atoms with Crippen LogP contribution in [0.4, 0.5) is 0 Å². The minimum absolute atomic E-state index is 0.0141. The third-order valence-electron chi connectivity index (χ3n) is 4.50. The number of rotatable bonds is 6. The van der Waals surface area contributed by atoms with E-state index in [-0.39, 0.29) is 28.6 Å². The fourth-order valence-electron chi connectivity index (χ4n) is 3.67. The molecule has 0 aliphatic carbocycles. The lowest BCUT2D eigenvalue weighted by Crippen LogP contribution is -2.44. The van der Waals surface area contributed by atoms with Gasteiger partial charge >= 0.3 is 5.97 Å². The Morgan fingerprint density at radius 2 is 2.00 bits per heavy atom. The minimum atomic E-state index is -0.564. The Hall–Kier alpha value is -1.20. The number of carbonyl (C=O) groups excluding carboxylic acids is 2. The monoisotopic (exact) mass is 411 g/mol. The fourth-order valence-corrected chi connectivity index (χ4v) is 5.44. The second kappa shape index (κ2) is 9.33. The van der Waals surface area contributed by atoms with E-state index in [2.05, 4.69) is 27.7 Å². The zero-order valence-electron chi connectivity index (χ0n) is 16.8. The first kappa shape index (κ1) is 22.1. The summed E-state index contributed by atoms with van der Waals surface area (Å²) in [5.74, 6) is 0.405. The highest BCUT2D eigenvalue weighted by atomic mass is 35.5. The maximum Gasteiger partial charge on any atom is 0.329 e. The van der Waals surface area contributed by atoms with Gasteiger partial charge in [0, 0.05) is 22.8 Å². The van der Waals surface area contributed by atoms with E-state index < -0.39 is 6.04 Å². The molecule has 27 heavy (non-hydrogen) atoms. The van der Waals surface area contributed by atoms with Crippen LogP contribution in [-0.2, 0) is 14.3 Å². The normalized spacial score (nSPS) is 21.2. The number of ether oxygens (including phenoxy) is 1. The Kier molecular flexibility index (Phi) is 7.64. The van der Waals surface area contributed by atoms with E-state index in [1.54, 1.807) is 23.6 Å². The van der Waals surface area contributed by atoms with Crippen LogP contribution >= 0.6 is 23.4 Å². The molecule has 1 amide bonds. The molecular formula is C21H30ClNO3S. The summed E-state index contributed by atoms with van der Waals surface area (Å²) in [6.07, 6.45) is 1.36. The number of carbonyl (C=O) groups is 2. The van der Waals surface area contributed by atoms with E-state index in [1.807, 2.05) is 24.3 Å². The fraction of sp³-hybridized carbons (Fsp3) is 0.619. The summed E-state index contributed by atoms with van der Waals surface area (Å²) < 4.78 is 5.23. The van der Waals surface area contributed by atoms with Gasteiger partial charge in [-0.15, -0.1) is 11.8 Å². The molecule has 0 radical (unpaired) electrons. The van der Waals surface area contributed by atoms with E-state index >= 15 is 0 Å². The van der Waals surface area contributed by atoms with Crippen LogP contribution in [0.15, 0.2) is 24.3 Å². The molecule has 0 aromatic heterocycles. The van der Waals surface area contributed by atoms with E-state index in [0.29, 0.717) is 23.8 Å². The van der Waals surface area contributed by atoms with Gasteiger partial charge in [0.05, 0.1) is 6.61 Å². The summed E-state index contributed by atoms with van der Waals surface area (Å²) in [5, 5.41) is 0.350. The highest BCUT2D eigenvalue weighted by molar-refractivity contribution is 7.99. The topological polar surface area (TPSA) is 46.6 Å². The van der Waals surface area contributed by atoms with Crippen molar-refractivity contribution in [3.05, 3.63) is 34.9 Å². The van der Waals surface area contributed by atoms with Crippen LogP contribution in [0.2, 0.25) is 5.02 Å². The van der Waals surface area contributed by atoms with Crippen molar-refractivity contribution < 1.29 is 14.3 Å². The molecule has 3 atom stereocenters. The maximum atomic E-state index is 13.2. The Morgan fingerprint density at radius 1 is 1.33 bits per heavy atom. The largest absolute Gasteiger partial charge is 0.464 e. The van der Waals surface area contributed by atoms with E-state index in [0.717, 1.165) is 12.0 Å². The summed E-state index contributed by atoms with van der Waals surface area (Å²) in [4.78, 5) is 27.4. The number of nitrogens with zero attached hydrogens (tertiary/aromatic N) is 1. The smallest absolute Gasteiger partial charge is 0.329 e. The molecule has 6 heteroatoms. The first-order valence-electron chi connectivity index (χ1n) is 9.48. The molecular weight excluding hydrogens is 382 g/mol. The molecule has 1 saturated heterocycles. The number of hydrogen-bond acceptors (Lipinski definition) is 4. The first-order chi connectivity index (χ1) is 12.6. The molecule has 0 spiro atoms. The average molecular weight is 412 g/mol. The Bertz CT molecular complexity index is 674. The maximum absolute atomic E-state index is 13.2. The highest BCUT2D eigenvalue weighted by Gasteiger charge is 2.43. The summed E-state index contributed by atoms with van der Waals surface area (Å²) in [6.45, 7) is 10.7. The van der Waals surface area contributed by atoms with Gasteiger partial charge in [-0.3, -0.25) is 4.79 Å². The van der Waals surface area contributed by atoms with E-state index in [4.69, 9.17) is 16.3 Å².